The van der Waals surface area contributed by atoms with E-state index in [1.54, 1.807) is 0 Å². The zero-order valence-corrected chi connectivity index (χ0v) is 7.19. The summed E-state index contributed by atoms with van der Waals surface area (Å²) in [7, 11) is 1.42. The van der Waals surface area contributed by atoms with Gasteiger partial charge in [0.15, 0.2) is 0 Å². The molecule has 12 heavy (non-hydrogen) atoms. The van der Waals surface area contributed by atoms with Crippen molar-refractivity contribution in [1.82, 2.24) is 0 Å². The van der Waals surface area contributed by atoms with E-state index in [4.69, 9.17) is 0 Å². The van der Waals surface area contributed by atoms with Crippen molar-refractivity contribution in [1.29, 1.82) is 0 Å². The first-order chi connectivity index (χ1) is 5.72. The number of aliphatic hydroxyl groups is 1. The Bertz CT molecular complexity index is 202. The molecule has 4 atom stereocenters. The van der Waals surface area contributed by atoms with Gasteiger partial charge in [-0.05, 0) is 31.1 Å². The van der Waals surface area contributed by atoms with Gasteiger partial charge in [-0.25, -0.2) is 0 Å². The lowest BCUT2D eigenvalue weighted by Gasteiger charge is -2.23. The normalized spacial score (nSPS) is 44.8. The first kappa shape index (κ1) is 8.05. The topological polar surface area (TPSA) is 46.5 Å². The minimum atomic E-state index is -0.257. The number of aliphatic hydroxyl groups excluding tert-OH is 1. The third kappa shape index (κ3) is 1.04. The van der Waals surface area contributed by atoms with Gasteiger partial charge in [-0.1, -0.05) is 0 Å². The molecule has 0 aromatic heterocycles. The summed E-state index contributed by atoms with van der Waals surface area (Å²) in [5.41, 5.74) is 0. The summed E-state index contributed by atoms with van der Waals surface area (Å²) in [5, 5.41) is 9.53. The van der Waals surface area contributed by atoms with E-state index in [9.17, 15) is 9.90 Å². The maximum absolute atomic E-state index is 11.2. The predicted molar refractivity (Wildman–Crippen MR) is 42.3 cm³/mol. The number of hydrogen-bond acceptors (Lipinski definition) is 3. The molecule has 0 unspecified atom stereocenters. The van der Waals surface area contributed by atoms with Crippen molar-refractivity contribution in [2.24, 2.45) is 17.8 Å². The molecular weight excluding hydrogens is 156 g/mol. The van der Waals surface area contributed by atoms with Gasteiger partial charge in [0, 0.05) is 0 Å². The highest BCUT2D eigenvalue weighted by molar-refractivity contribution is 5.73. The Kier molecular flexibility index (Phi) is 1.83. The SMILES string of the molecule is COC(=O)[C@H]1C[C@@H]2C[C@@H]1[C@@H](O)C2. The van der Waals surface area contributed by atoms with Crippen LogP contribution in [0.5, 0.6) is 0 Å². The molecule has 2 fully saturated rings. The smallest absolute Gasteiger partial charge is 0.309 e. The van der Waals surface area contributed by atoms with Gasteiger partial charge in [-0.3, -0.25) is 4.79 Å². The Morgan fingerprint density at radius 3 is 2.67 bits per heavy atom. The Labute approximate surface area is 71.7 Å². The summed E-state index contributed by atoms with van der Waals surface area (Å²) in [6.07, 6.45) is 2.57. The van der Waals surface area contributed by atoms with E-state index in [0.717, 1.165) is 19.3 Å². The van der Waals surface area contributed by atoms with Crippen molar-refractivity contribution in [3.8, 4) is 0 Å². The Morgan fingerprint density at radius 1 is 1.42 bits per heavy atom. The van der Waals surface area contributed by atoms with E-state index in [2.05, 4.69) is 4.74 Å². The molecule has 0 amide bonds. The monoisotopic (exact) mass is 170 g/mol. The number of carbonyl (C=O) groups excluding carboxylic acids is 1. The minimum Gasteiger partial charge on any atom is -0.469 e. The molecular formula is C9H14O3. The van der Waals surface area contributed by atoms with Crippen LogP contribution >= 0.6 is 0 Å². The number of methoxy groups -OCH3 is 1. The van der Waals surface area contributed by atoms with E-state index < -0.39 is 0 Å². The van der Waals surface area contributed by atoms with Crippen LogP contribution in [0.15, 0.2) is 0 Å². The van der Waals surface area contributed by atoms with Gasteiger partial charge in [0.05, 0.1) is 19.1 Å². The highest BCUT2D eigenvalue weighted by atomic mass is 16.5. The largest absolute Gasteiger partial charge is 0.469 e. The van der Waals surface area contributed by atoms with Gasteiger partial charge in [0.2, 0.25) is 0 Å². The van der Waals surface area contributed by atoms with Crippen molar-refractivity contribution in [2.75, 3.05) is 7.11 Å². The third-order valence-corrected chi connectivity index (χ3v) is 3.28. The molecule has 2 saturated carbocycles. The molecule has 3 heteroatoms. The Morgan fingerprint density at radius 2 is 2.17 bits per heavy atom. The molecule has 3 nitrogen and oxygen atoms in total. The van der Waals surface area contributed by atoms with Crippen LogP contribution in [-0.4, -0.2) is 24.3 Å². The molecule has 2 aliphatic rings. The first-order valence-electron chi connectivity index (χ1n) is 4.48. The van der Waals surface area contributed by atoms with Crippen LogP contribution in [0.4, 0.5) is 0 Å². The van der Waals surface area contributed by atoms with Crippen molar-refractivity contribution < 1.29 is 14.6 Å². The second kappa shape index (κ2) is 2.73. The van der Waals surface area contributed by atoms with Crippen LogP contribution in [0.1, 0.15) is 19.3 Å². The standard InChI is InChI=1S/C9H14O3/c1-12-9(11)7-3-5-2-6(7)8(10)4-5/h5-8,10H,2-4H2,1H3/t5-,6-,7-,8-/m0/s1. The predicted octanol–water partition coefficient (Wildman–Crippen LogP) is 0.566. The van der Waals surface area contributed by atoms with Gasteiger partial charge in [-0.15, -0.1) is 0 Å². The molecule has 1 N–H and O–H groups in total. The van der Waals surface area contributed by atoms with E-state index in [-0.39, 0.29) is 23.9 Å². The fourth-order valence-electron chi connectivity index (χ4n) is 2.74. The average molecular weight is 170 g/mol. The molecule has 68 valence electrons. The maximum Gasteiger partial charge on any atom is 0.309 e. The number of ether oxygens (including phenoxy) is 1. The molecule has 0 aromatic rings. The molecule has 2 rings (SSSR count). The van der Waals surface area contributed by atoms with Gasteiger partial charge in [0.1, 0.15) is 0 Å². The number of carbonyl (C=O) groups is 1. The lowest BCUT2D eigenvalue weighted by atomic mass is 9.87. The molecule has 0 saturated heterocycles. The van der Waals surface area contributed by atoms with Crippen LogP contribution in [0.25, 0.3) is 0 Å². The number of rotatable bonds is 1. The second-order valence-corrected chi connectivity index (χ2v) is 3.93. The van der Waals surface area contributed by atoms with Crippen LogP contribution in [0, 0.1) is 17.8 Å². The van der Waals surface area contributed by atoms with Gasteiger partial charge in [0.25, 0.3) is 0 Å². The van der Waals surface area contributed by atoms with Crippen LogP contribution in [0.2, 0.25) is 0 Å². The van der Waals surface area contributed by atoms with E-state index in [1.807, 2.05) is 0 Å². The Hall–Kier alpha value is -0.570. The van der Waals surface area contributed by atoms with Gasteiger partial charge < -0.3 is 9.84 Å². The highest BCUT2D eigenvalue weighted by Crippen LogP contribution is 2.48. The molecule has 2 bridgehead atoms. The van der Waals surface area contributed by atoms with Crippen molar-refractivity contribution in [3.63, 3.8) is 0 Å². The van der Waals surface area contributed by atoms with Crippen LogP contribution in [0.3, 0.4) is 0 Å². The molecule has 0 heterocycles. The minimum absolute atomic E-state index is 0.0243. The summed E-state index contributed by atoms with van der Waals surface area (Å²) >= 11 is 0. The quantitative estimate of drug-likeness (QED) is 0.585. The summed E-state index contributed by atoms with van der Waals surface area (Å²) in [6, 6.07) is 0. The van der Waals surface area contributed by atoms with Crippen LogP contribution < -0.4 is 0 Å². The Balaban J connectivity index is 2.07. The van der Waals surface area contributed by atoms with Crippen molar-refractivity contribution in [3.05, 3.63) is 0 Å². The van der Waals surface area contributed by atoms with Gasteiger partial charge in [-0.2, -0.15) is 0 Å². The summed E-state index contributed by atoms with van der Waals surface area (Å²) < 4.78 is 4.69. The van der Waals surface area contributed by atoms with Crippen LogP contribution in [-0.2, 0) is 9.53 Å². The number of hydrogen-bond donors (Lipinski definition) is 1. The fourth-order valence-corrected chi connectivity index (χ4v) is 2.74. The highest BCUT2D eigenvalue weighted by Gasteiger charge is 2.48. The second-order valence-electron chi connectivity index (χ2n) is 3.93. The maximum atomic E-state index is 11.2. The summed E-state index contributed by atoms with van der Waals surface area (Å²) in [6.45, 7) is 0. The third-order valence-electron chi connectivity index (χ3n) is 3.28. The van der Waals surface area contributed by atoms with E-state index in [1.165, 1.54) is 7.11 Å². The molecule has 0 radical (unpaired) electrons. The average Bonchev–Trinajstić information content (AvgIpc) is 2.60. The molecule has 0 spiro atoms. The summed E-state index contributed by atoms with van der Waals surface area (Å²) in [5.74, 6) is 0.585. The van der Waals surface area contributed by atoms with Crippen molar-refractivity contribution >= 4 is 5.97 Å². The fraction of sp³-hybridized carbons (Fsp3) is 0.889. The number of esters is 1. The lowest BCUT2D eigenvalue weighted by Crippen LogP contribution is -2.30. The summed E-state index contributed by atoms with van der Waals surface area (Å²) in [4.78, 5) is 11.2. The first-order valence-corrected chi connectivity index (χ1v) is 4.48. The van der Waals surface area contributed by atoms with E-state index >= 15 is 0 Å². The molecule has 2 aliphatic carbocycles. The lowest BCUT2D eigenvalue weighted by molar-refractivity contribution is -0.149. The zero-order chi connectivity index (χ0) is 8.72. The molecule has 0 aromatic carbocycles. The van der Waals surface area contributed by atoms with Crippen molar-refractivity contribution in [2.45, 2.75) is 25.4 Å². The van der Waals surface area contributed by atoms with Gasteiger partial charge >= 0.3 is 5.97 Å². The molecule has 0 aliphatic heterocycles. The number of fused-ring (bicyclic) bond motifs is 2. The van der Waals surface area contributed by atoms with E-state index in [0.29, 0.717) is 5.92 Å². The zero-order valence-electron chi connectivity index (χ0n) is 7.19.